The molecule has 4 rings (SSSR count). The Morgan fingerprint density at radius 2 is 1.72 bits per heavy atom. The third kappa shape index (κ3) is 3.91. The van der Waals surface area contributed by atoms with Crippen molar-refractivity contribution >= 4 is 36.4 Å². The maximum Gasteiger partial charge on any atom is 0.226 e. The molecule has 0 radical (unpaired) electrons. The fraction of sp³-hybridized carbons (Fsp3) is 0.632. The quantitative estimate of drug-likeness (QED) is 0.849. The zero-order chi connectivity index (χ0) is 15.9. The van der Waals surface area contributed by atoms with Crippen LogP contribution < -0.4 is 10.2 Å². The number of aryl methyl sites for hydroxylation is 1. The van der Waals surface area contributed by atoms with Crippen LogP contribution in [0.15, 0.2) is 24.3 Å². The van der Waals surface area contributed by atoms with E-state index in [-0.39, 0.29) is 24.8 Å². The maximum absolute atomic E-state index is 12.8. The van der Waals surface area contributed by atoms with Gasteiger partial charge >= 0.3 is 0 Å². The number of anilines is 1. The van der Waals surface area contributed by atoms with Crippen LogP contribution in [0.4, 0.5) is 5.69 Å². The number of para-hydroxylation sites is 1. The van der Waals surface area contributed by atoms with Crippen molar-refractivity contribution in [2.24, 2.45) is 11.3 Å². The third-order valence-corrected chi connectivity index (χ3v) is 6.13. The van der Waals surface area contributed by atoms with Gasteiger partial charge in [-0.15, -0.1) is 24.8 Å². The average Bonchev–Trinajstić information content (AvgIpc) is 3.28. The molecule has 1 aromatic carbocycles. The van der Waals surface area contributed by atoms with Crippen molar-refractivity contribution in [2.75, 3.05) is 44.2 Å². The highest BCUT2D eigenvalue weighted by Gasteiger charge is 2.58. The lowest BCUT2D eigenvalue weighted by Gasteiger charge is -2.37. The van der Waals surface area contributed by atoms with Crippen LogP contribution in [0, 0.1) is 18.3 Å². The minimum atomic E-state index is 0. The Labute approximate surface area is 163 Å². The Balaban J connectivity index is 0.00000113. The van der Waals surface area contributed by atoms with Gasteiger partial charge in [0.25, 0.3) is 0 Å². The van der Waals surface area contributed by atoms with Gasteiger partial charge in [0.2, 0.25) is 5.91 Å². The van der Waals surface area contributed by atoms with Gasteiger partial charge < -0.3 is 15.1 Å². The van der Waals surface area contributed by atoms with Gasteiger partial charge in [-0.3, -0.25) is 4.79 Å². The number of nitrogens with one attached hydrogen (secondary N) is 1. The van der Waals surface area contributed by atoms with Crippen LogP contribution in [0.25, 0.3) is 0 Å². The van der Waals surface area contributed by atoms with E-state index in [1.54, 1.807) is 0 Å². The molecule has 1 aliphatic carbocycles. The second-order valence-corrected chi connectivity index (χ2v) is 7.47. The molecule has 0 bridgehead atoms. The Morgan fingerprint density at radius 1 is 1.08 bits per heavy atom. The molecule has 1 spiro atoms. The number of nitrogens with zero attached hydrogens (tertiary/aromatic N) is 2. The molecular weight excluding hydrogens is 357 g/mol. The first-order valence-electron chi connectivity index (χ1n) is 9.00. The van der Waals surface area contributed by atoms with E-state index in [0.29, 0.717) is 17.2 Å². The number of halogens is 2. The monoisotopic (exact) mass is 385 g/mol. The minimum absolute atomic E-state index is 0. The standard InChI is InChI=1S/C19H27N3O.2ClH/c1-15-4-2-3-5-17(15)21-10-12-22(13-11-21)18(23)16-14-19(16)6-8-20-9-7-19;;/h2-5,16,20H,6-14H2,1H3;2*1H. The van der Waals surface area contributed by atoms with E-state index in [9.17, 15) is 4.79 Å². The van der Waals surface area contributed by atoms with E-state index in [4.69, 9.17) is 0 Å². The Hall–Kier alpha value is -0.970. The highest BCUT2D eigenvalue weighted by Crippen LogP contribution is 2.59. The van der Waals surface area contributed by atoms with E-state index in [1.807, 2.05) is 0 Å². The number of hydrogen-bond donors (Lipinski definition) is 1. The molecule has 2 aliphatic heterocycles. The summed E-state index contributed by atoms with van der Waals surface area (Å²) in [5, 5.41) is 3.42. The number of amides is 1. The van der Waals surface area contributed by atoms with Gasteiger partial charge in [0.05, 0.1) is 0 Å². The molecule has 3 fully saturated rings. The molecule has 0 aromatic heterocycles. The lowest BCUT2D eigenvalue weighted by atomic mass is 9.91. The summed E-state index contributed by atoms with van der Waals surface area (Å²) in [5.74, 6) is 0.742. The molecule has 25 heavy (non-hydrogen) atoms. The number of hydrogen-bond acceptors (Lipinski definition) is 3. The molecular formula is C19H29Cl2N3O. The molecule has 2 saturated heterocycles. The third-order valence-electron chi connectivity index (χ3n) is 6.13. The summed E-state index contributed by atoms with van der Waals surface area (Å²) in [5.41, 5.74) is 3.00. The number of piperazine rings is 1. The first-order valence-corrected chi connectivity index (χ1v) is 9.00. The summed E-state index contributed by atoms with van der Waals surface area (Å²) in [6.07, 6.45) is 3.50. The zero-order valence-corrected chi connectivity index (χ0v) is 16.5. The molecule has 3 aliphatic rings. The minimum Gasteiger partial charge on any atom is -0.368 e. The van der Waals surface area contributed by atoms with Crippen LogP contribution in [0.5, 0.6) is 0 Å². The molecule has 1 atom stereocenters. The van der Waals surface area contributed by atoms with Crippen molar-refractivity contribution in [3.8, 4) is 0 Å². The lowest BCUT2D eigenvalue weighted by molar-refractivity contribution is -0.133. The normalized spacial score (nSPS) is 24.3. The molecule has 1 saturated carbocycles. The first-order chi connectivity index (χ1) is 11.2. The van der Waals surface area contributed by atoms with Crippen LogP contribution in [-0.4, -0.2) is 50.1 Å². The predicted molar refractivity (Wildman–Crippen MR) is 107 cm³/mol. The number of carbonyl (C=O) groups excluding carboxylic acids is 1. The molecule has 1 N–H and O–H groups in total. The van der Waals surface area contributed by atoms with Crippen molar-refractivity contribution in [3.05, 3.63) is 29.8 Å². The molecule has 1 unspecified atom stereocenters. The molecule has 140 valence electrons. The summed E-state index contributed by atoms with van der Waals surface area (Å²) in [6.45, 7) is 8.00. The molecule has 2 heterocycles. The topological polar surface area (TPSA) is 35.6 Å². The summed E-state index contributed by atoms with van der Waals surface area (Å²) in [6, 6.07) is 8.55. The summed E-state index contributed by atoms with van der Waals surface area (Å²) in [4.78, 5) is 17.4. The fourth-order valence-corrected chi connectivity index (χ4v) is 4.48. The van der Waals surface area contributed by atoms with Crippen molar-refractivity contribution in [1.29, 1.82) is 0 Å². The van der Waals surface area contributed by atoms with E-state index in [2.05, 4.69) is 46.3 Å². The largest absolute Gasteiger partial charge is 0.368 e. The highest BCUT2D eigenvalue weighted by atomic mass is 35.5. The van der Waals surface area contributed by atoms with Crippen molar-refractivity contribution in [3.63, 3.8) is 0 Å². The average molecular weight is 386 g/mol. The molecule has 1 amide bonds. The predicted octanol–water partition coefficient (Wildman–Crippen LogP) is 2.88. The fourth-order valence-electron chi connectivity index (χ4n) is 4.48. The van der Waals surface area contributed by atoms with Gasteiger partial charge in [0, 0.05) is 37.8 Å². The van der Waals surface area contributed by atoms with E-state index in [0.717, 1.165) is 45.7 Å². The maximum atomic E-state index is 12.8. The van der Waals surface area contributed by atoms with Gasteiger partial charge in [-0.1, -0.05) is 18.2 Å². The van der Waals surface area contributed by atoms with Gasteiger partial charge in [0.15, 0.2) is 0 Å². The van der Waals surface area contributed by atoms with Gasteiger partial charge in [-0.2, -0.15) is 0 Å². The van der Waals surface area contributed by atoms with E-state index < -0.39 is 0 Å². The number of piperidine rings is 1. The Morgan fingerprint density at radius 3 is 2.36 bits per heavy atom. The van der Waals surface area contributed by atoms with E-state index >= 15 is 0 Å². The van der Waals surface area contributed by atoms with Gasteiger partial charge in [-0.25, -0.2) is 0 Å². The van der Waals surface area contributed by atoms with Crippen LogP contribution in [0.2, 0.25) is 0 Å². The lowest BCUT2D eigenvalue weighted by Crippen LogP contribution is -2.50. The van der Waals surface area contributed by atoms with Crippen LogP contribution in [0.1, 0.15) is 24.8 Å². The highest BCUT2D eigenvalue weighted by molar-refractivity contribution is 5.85. The zero-order valence-electron chi connectivity index (χ0n) is 14.9. The summed E-state index contributed by atoms with van der Waals surface area (Å²) >= 11 is 0. The molecule has 6 heteroatoms. The van der Waals surface area contributed by atoms with Gasteiger partial charge in [-0.05, 0) is 56.3 Å². The number of benzene rings is 1. The Kier molecular flexibility index (Phi) is 6.63. The van der Waals surface area contributed by atoms with E-state index in [1.165, 1.54) is 24.1 Å². The van der Waals surface area contributed by atoms with Crippen LogP contribution in [-0.2, 0) is 4.79 Å². The first kappa shape index (κ1) is 20.3. The SMILES string of the molecule is Cc1ccccc1N1CCN(C(=O)C2CC23CCNCC3)CC1.Cl.Cl. The summed E-state index contributed by atoms with van der Waals surface area (Å²) < 4.78 is 0. The second kappa shape index (κ2) is 8.15. The number of carbonyl (C=O) groups is 1. The second-order valence-electron chi connectivity index (χ2n) is 7.47. The summed E-state index contributed by atoms with van der Waals surface area (Å²) in [7, 11) is 0. The van der Waals surface area contributed by atoms with Crippen molar-refractivity contribution in [2.45, 2.75) is 26.2 Å². The molecule has 1 aromatic rings. The van der Waals surface area contributed by atoms with Crippen molar-refractivity contribution < 1.29 is 4.79 Å². The van der Waals surface area contributed by atoms with Crippen molar-refractivity contribution in [1.82, 2.24) is 10.2 Å². The smallest absolute Gasteiger partial charge is 0.226 e. The van der Waals surface area contributed by atoms with Gasteiger partial charge in [0.1, 0.15) is 0 Å². The van der Waals surface area contributed by atoms with Crippen LogP contribution in [0.3, 0.4) is 0 Å². The van der Waals surface area contributed by atoms with Crippen LogP contribution >= 0.6 is 24.8 Å². The number of rotatable bonds is 2. The Bertz CT molecular complexity index is 596. The molecule has 4 nitrogen and oxygen atoms in total.